The van der Waals surface area contributed by atoms with Crippen molar-refractivity contribution < 1.29 is 78.3 Å². The Balaban J connectivity index is 3.50. The van der Waals surface area contributed by atoms with Crippen molar-refractivity contribution in [3.8, 4) is 0 Å². The molecule has 24 heteroatoms. The third-order valence-electron chi connectivity index (χ3n) is 8.61. The number of aliphatic carboxylic acids is 4. The largest absolute Gasteiger partial charge is 0.481 e. The minimum absolute atomic E-state index is 0.267. The number of carboxylic acids is 4. The molecule has 15 N–H and O–H groups in total. The third kappa shape index (κ3) is 19.2. The van der Waals surface area contributed by atoms with Crippen molar-refractivity contribution in [2.24, 2.45) is 17.4 Å². The maximum atomic E-state index is 13.9. The summed E-state index contributed by atoms with van der Waals surface area (Å²) < 4.78 is 0. The monoisotopic (exact) mass is 852 g/mol. The lowest BCUT2D eigenvalue weighted by Gasteiger charge is -2.27. The average molecular weight is 853 g/mol. The van der Waals surface area contributed by atoms with E-state index in [4.69, 9.17) is 16.6 Å². The van der Waals surface area contributed by atoms with E-state index in [0.29, 0.717) is 5.56 Å². The van der Waals surface area contributed by atoms with Gasteiger partial charge in [0.05, 0.1) is 19.1 Å². The topological polar surface area (TPSA) is 413 Å². The molecule has 332 valence electrons. The van der Waals surface area contributed by atoms with Crippen LogP contribution in [0.3, 0.4) is 0 Å². The molecule has 0 aliphatic rings. The predicted octanol–water partition coefficient (Wildman–Crippen LogP) is -4.33. The highest BCUT2D eigenvalue weighted by Crippen LogP contribution is 2.09. The second-order valence-electron chi connectivity index (χ2n) is 13.8. The highest BCUT2D eigenvalue weighted by molar-refractivity contribution is 5.98. The van der Waals surface area contributed by atoms with Gasteiger partial charge in [-0.3, -0.25) is 47.9 Å². The van der Waals surface area contributed by atoms with Gasteiger partial charge in [-0.2, -0.15) is 0 Å². The highest BCUT2D eigenvalue weighted by atomic mass is 16.4. The van der Waals surface area contributed by atoms with Crippen molar-refractivity contribution in [3.63, 3.8) is 0 Å². The van der Waals surface area contributed by atoms with E-state index in [1.165, 1.54) is 0 Å². The molecule has 1 rings (SSSR count). The first-order chi connectivity index (χ1) is 28.0. The van der Waals surface area contributed by atoms with Crippen LogP contribution in [0.1, 0.15) is 64.4 Å². The predicted molar refractivity (Wildman–Crippen MR) is 204 cm³/mol. The summed E-state index contributed by atoms with van der Waals surface area (Å²) in [6.07, 6.45) is -5.04. The summed E-state index contributed by atoms with van der Waals surface area (Å²) in [7, 11) is 0. The first-order valence-corrected chi connectivity index (χ1v) is 18.4. The molecule has 0 heterocycles. The summed E-state index contributed by atoms with van der Waals surface area (Å²) >= 11 is 0. The zero-order valence-electron chi connectivity index (χ0n) is 32.8. The van der Waals surface area contributed by atoms with E-state index in [1.807, 2.05) is 5.32 Å². The molecule has 0 fully saturated rings. The summed E-state index contributed by atoms with van der Waals surface area (Å²) in [6, 6.07) is -3.60. The summed E-state index contributed by atoms with van der Waals surface area (Å²) in [5.41, 5.74) is 11.7. The fourth-order valence-electron chi connectivity index (χ4n) is 5.20. The van der Waals surface area contributed by atoms with Gasteiger partial charge >= 0.3 is 23.9 Å². The Hall–Kier alpha value is -6.69. The molecule has 60 heavy (non-hydrogen) atoms. The van der Waals surface area contributed by atoms with Crippen LogP contribution in [0.15, 0.2) is 30.3 Å². The van der Waals surface area contributed by atoms with E-state index >= 15 is 0 Å². The molecule has 0 aromatic heterocycles. The van der Waals surface area contributed by atoms with Gasteiger partial charge < -0.3 is 68.9 Å². The lowest BCUT2D eigenvalue weighted by molar-refractivity contribution is -0.144. The standard InChI is InChI=1S/C36H52N8O16/c1-17(2)29(38)35(58)41-21(10-13-28(51)52)31(54)42-22(14-18-6-4-3-5-7-18)33(56)43-23(15-25(37)46)34(57)40-19(8-11-26(47)48)30(53)39-20(9-12-27(49)50)32(55)44-24(16-45)36(59)60/h3-7,17,19-24,29,45H,8-16,38H2,1-2H3,(H2,37,46)(H,39,53)(H,40,57)(H,41,58)(H,42,54)(H,43,56)(H,44,55)(H,47,48)(H,49,50)(H,51,52)(H,59,60)/t19-,20-,21-,22-,23-,24-,29-/m0/s1. The van der Waals surface area contributed by atoms with Crippen LogP contribution in [0.2, 0.25) is 0 Å². The molecule has 1 aromatic carbocycles. The number of hydrogen-bond acceptors (Lipinski definition) is 13. The molecule has 1 aromatic rings. The number of nitrogens with one attached hydrogen (secondary N) is 6. The van der Waals surface area contributed by atoms with Gasteiger partial charge in [0.15, 0.2) is 0 Å². The van der Waals surface area contributed by atoms with Crippen LogP contribution in [0.5, 0.6) is 0 Å². The van der Waals surface area contributed by atoms with Crippen molar-refractivity contribution in [1.82, 2.24) is 31.9 Å². The van der Waals surface area contributed by atoms with Crippen LogP contribution in [0.25, 0.3) is 0 Å². The molecular formula is C36H52N8O16. The van der Waals surface area contributed by atoms with Crippen molar-refractivity contribution >= 4 is 65.2 Å². The van der Waals surface area contributed by atoms with Crippen LogP contribution in [-0.4, -0.2) is 140 Å². The number of carboxylic acid groups (broad SMARTS) is 4. The van der Waals surface area contributed by atoms with Gasteiger partial charge in [0.2, 0.25) is 41.4 Å². The minimum Gasteiger partial charge on any atom is -0.481 e. The molecule has 0 aliphatic heterocycles. The number of hydrogen-bond donors (Lipinski definition) is 13. The summed E-state index contributed by atoms with van der Waals surface area (Å²) in [5.74, 6) is -14.2. The molecule has 0 spiro atoms. The Bertz CT molecular complexity index is 1730. The second-order valence-corrected chi connectivity index (χ2v) is 13.8. The van der Waals surface area contributed by atoms with Crippen LogP contribution in [0.4, 0.5) is 0 Å². The first-order valence-electron chi connectivity index (χ1n) is 18.4. The fraction of sp³-hybridized carbons (Fsp3) is 0.528. The van der Waals surface area contributed by atoms with Gasteiger partial charge in [0.1, 0.15) is 36.3 Å². The van der Waals surface area contributed by atoms with Gasteiger partial charge in [-0.25, -0.2) is 4.79 Å². The number of aliphatic hydroxyl groups excluding tert-OH is 1. The zero-order chi connectivity index (χ0) is 45.7. The number of rotatable bonds is 28. The van der Waals surface area contributed by atoms with Crippen molar-refractivity contribution in [1.29, 1.82) is 0 Å². The molecule has 0 bridgehead atoms. The van der Waals surface area contributed by atoms with E-state index < -0.39 is 159 Å². The molecule has 0 aliphatic carbocycles. The number of benzene rings is 1. The Labute approximate surface area is 342 Å². The minimum atomic E-state index is -1.91. The van der Waals surface area contributed by atoms with Gasteiger partial charge in [0.25, 0.3) is 0 Å². The summed E-state index contributed by atoms with van der Waals surface area (Å²) in [4.78, 5) is 138. The van der Waals surface area contributed by atoms with Crippen LogP contribution >= 0.6 is 0 Å². The van der Waals surface area contributed by atoms with E-state index in [0.717, 1.165) is 0 Å². The maximum Gasteiger partial charge on any atom is 0.328 e. The highest BCUT2D eigenvalue weighted by Gasteiger charge is 2.35. The Morgan fingerprint density at radius 1 is 0.533 bits per heavy atom. The number of carbonyl (C=O) groups excluding carboxylic acids is 7. The molecule has 7 atom stereocenters. The Kier molecular flexibility index (Phi) is 21.9. The van der Waals surface area contributed by atoms with Crippen LogP contribution in [0, 0.1) is 5.92 Å². The molecule has 7 amide bonds. The summed E-state index contributed by atoms with van der Waals surface area (Å²) in [5, 5.41) is 59.4. The molecule has 0 radical (unpaired) electrons. The smallest absolute Gasteiger partial charge is 0.328 e. The molecule has 0 unspecified atom stereocenters. The van der Waals surface area contributed by atoms with Gasteiger partial charge in [0, 0.05) is 25.7 Å². The van der Waals surface area contributed by atoms with E-state index in [1.54, 1.807) is 44.2 Å². The quantitative estimate of drug-likeness (QED) is 0.0379. The number of amides is 7. The molecule has 24 nitrogen and oxygen atoms in total. The molecule has 0 saturated heterocycles. The van der Waals surface area contributed by atoms with Crippen molar-refractivity contribution in [2.75, 3.05) is 6.61 Å². The maximum absolute atomic E-state index is 13.9. The first kappa shape index (κ1) is 51.3. The summed E-state index contributed by atoms with van der Waals surface area (Å²) in [6.45, 7) is 2.18. The zero-order valence-corrected chi connectivity index (χ0v) is 32.8. The normalized spacial score (nSPS) is 14.3. The molecule has 0 saturated carbocycles. The number of nitrogens with two attached hydrogens (primary N) is 2. The van der Waals surface area contributed by atoms with Crippen LogP contribution < -0.4 is 43.4 Å². The van der Waals surface area contributed by atoms with Gasteiger partial charge in [-0.15, -0.1) is 0 Å². The van der Waals surface area contributed by atoms with E-state index in [-0.39, 0.29) is 12.3 Å². The molecular weight excluding hydrogens is 800 g/mol. The van der Waals surface area contributed by atoms with E-state index in [2.05, 4.69) is 26.6 Å². The van der Waals surface area contributed by atoms with Gasteiger partial charge in [-0.05, 0) is 30.7 Å². The number of carbonyl (C=O) groups is 11. The average Bonchev–Trinajstić information content (AvgIpc) is 3.16. The lowest BCUT2D eigenvalue weighted by atomic mass is 10.0. The lowest BCUT2D eigenvalue weighted by Crippen LogP contribution is -2.60. The Morgan fingerprint density at radius 3 is 1.25 bits per heavy atom. The van der Waals surface area contributed by atoms with E-state index in [9.17, 15) is 73.2 Å². The fourth-order valence-corrected chi connectivity index (χ4v) is 5.20. The Morgan fingerprint density at radius 2 is 0.883 bits per heavy atom. The third-order valence-corrected chi connectivity index (χ3v) is 8.61. The number of primary amides is 1. The number of aliphatic hydroxyl groups is 1. The van der Waals surface area contributed by atoms with Crippen molar-refractivity contribution in [3.05, 3.63) is 35.9 Å². The SMILES string of the molecule is CC(C)[C@H](N)C(=O)N[C@@H](CCC(=O)O)C(=O)N[C@@H](Cc1ccccc1)C(=O)N[C@@H](CC(N)=O)C(=O)N[C@@H](CCC(=O)O)C(=O)N[C@@H](CCC(=O)O)C(=O)N[C@@H](CO)C(=O)O. The van der Waals surface area contributed by atoms with Gasteiger partial charge in [-0.1, -0.05) is 44.2 Å². The van der Waals surface area contributed by atoms with Crippen molar-refractivity contribution in [2.45, 2.75) is 108 Å². The second kappa shape index (κ2) is 25.6. The van der Waals surface area contributed by atoms with Crippen LogP contribution in [-0.2, 0) is 59.2 Å².